The fraction of sp³-hybridized carbons (Fsp3) is 0.357. The van der Waals surface area contributed by atoms with Crippen molar-refractivity contribution in [2.24, 2.45) is 0 Å². The number of carbonyl (C=O) groups is 1. The topological polar surface area (TPSA) is 17.1 Å². The van der Waals surface area contributed by atoms with Crippen LogP contribution in [0.5, 0.6) is 0 Å². The lowest BCUT2D eigenvalue weighted by atomic mass is 10.1. The molecule has 0 atom stereocenters. The van der Waals surface area contributed by atoms with E-state index in [9.17, 15) is 4.79 Å². The summed E-state index contributed by atoms with van der Waals surface area (Å²) in [5, 5.41) is 0. The summed E-state index contributed by atoms with van der Waals surface area (Å²) in [6.07, 6.45) is 1.12. The molecule has 0 radical (unpaired) electrons. The Morgan fingerprint density at radius 2 is 2.06 bits per heavy atom. The van der Waals surface area contributed by atoms with E-state index in [2.05, 4.69) is 13.0 Å². The third kappa shape index (κ3) is 2.17. The third-order valence-corrected chi connectivity index (χ3v) is 6.35. The lowest BCUT2D eigenvalue weighted by Crippen LogP contribution is -1.98. The SMILES string of the molecule is Cc1cc(C(=O)c2cc3c(s2)CCSC3)c(C)s1. The van der Waals surface area contributed by atoms with Crippen LogP contribution in [0.2, 0.25) is 0 Å². The molecule has 1 nitrogen and oxygen atoms in total. The van der Waals surface area contributed by atoms with E-state index in [-0.39, 0.29) is 5.78 Å². The summed E-state index contributed by atoms with van der Waals surface area (Å²) < 4.78 is 0. The van der Waals surface area contributed by atoms with Crippen molar-refractivity contribution in [3.8, 4) is 0 Å². The van der Waals surface area contributed by atoms with E-state index in [0.29, 0.717) is 0 Å². The predicted octanol–water partition coefficient (Wildman–Crippen LogP) is 4.45. The molecule has 0 fully saturated rings. The van der Waals surface area contributed by atoms with Gasteiger partial charge >= 0.3 is 0 Å². The van der Waals surface area contributed by atoms with Gasteiger partial charge in [-0.2, -0.15) is 11.8 Å². The largest absolute Gasteiger partial charge is 0.288 e. The van der Waals surface area contributed by atoms with Gasteiger partial charge in [0.05, 0.1) is 4.88 Å². The van der Waals surface area contributed by atoms with Gasteiger partial charge in [0, 0.05) is 25.9 Å². The number of hydrogen-bond donors (Lipinski definition) is 0. The lowest BCUT2D eigenvalue weighted by Gasteiger charge is -2.08. The van der Waals surface area contributed by atoms with Gasteiger partial charge in [0.25, 0.3) is 0 Å². The molecule has 3 heterocycles. The van der Waals surface area contributed by atoms with E-state index in [0.717, 1.165) is 27.5 Å². The fourth-order valence-electron chi connectivity index (χ4n) is 2.25. The highest BCUT2D eigenvalue weighted by Crippen LogP contribution is 2.34. The second-order valence-electron chi connectivity index (χ2n) is 4.52. The molecule has 1 aliphatic heterocycles. The van der Waals surface area contributed by atoms with Gasteiger partial charge in [-0.15, -0.1) is 22.7 Å². The normalized spacial score (nSPS) is 14.6. The highest BCUT2D eigenvalue weighted by molar-refractivity contribution is 7.98. The van der Waals surface area contributed by atoms with Crippen molar-refractivity contribution in [2.45, 2.75) is 26.0 Å². The van der Waals surface area contributed by atoms with Gasteiger partial charge in [-0.3, -0.25) is 4.79 Å². The summed E-state index contributed by atoms with van der Waals surface area (Å²) in [7, 11) is 0. The Morgan fingerprint density at radius 1 is 1.22 bits per heavy atom. The second-order valence-corrected chi connectivity index (χ2v) is 8.22. The van der Waals surface area contributed by atoms with Gasteiger partial charge in [0.2, 0.25) is 5.78 Å². The van der Waals surface area contributed by atoms with E-state index >= 15 is 0 Å². The van der Waals surface area contributed by atoms with Crippen LogP contribution in [-0.2, 0) is 12.2 Å². The standard InChI is InChI=1S/C14H14OS3/c1-8-5-11(9(2)17-8)14(15)13-6-10-7-16-4-3-12(10)18-13/h5-6H,3-4,7H2,1-2H3. The molecule has 2 aromatic heterocycles. The molecule has 0 unspecified atom stereocenters. The first kappa shape index (κ1) is 12.5. The first-order valence-corrected chi connectivity index (χ1v) is 8.75. The van der Waals surface area contributed by atoms with Crippen LogP contribution in [0.25, 0.3) is 0 Å². The average molecular weight is 294 g/mol. The van der Waals surface area contributed by atoms with Crippen molar-refractivity contribution in [1.82, 2.24) is 0 Å². The molecule has 0 saturated carbocycles. The minimum absolute atomic E-state index is 0.209. The number of aryl methyl sites for hydroxylation is 3. The zero-order valence-electron chi connectivity index (χ0n) is 10.4. The zero-order valence-corrected chi connectivity index (χ0v) is 12.9. The number of thioether (sulfide) groups is 1. The molecule has 0 aromatic carbocycles. The lowest BCUT2D eigenvalue weighted by molar-refractivity contribution is 0.104. The van der Waals surface area contributed by atoms with Crippen LogP contribution in [0, 0.1) is 13.8 Å². The second kappa shape index (κ2) is 4.83. The Labute approximate surface area is 119 Å². The van der Waals surface area contributed by atoms with Gasteiger partial charge in [0.1, 0.15) is 0 Å². The molecule has 0 saturated heterocycles. The van der Waals surface area contributed by atoms with Crippen LogP contribution in [0.15, 0.2) is 12.1 Å². The summed E-state index contributed by atoms with van der Waals surface area (Å²) in [6, 6.07) is 4.14. The molecule has 4 heteroatoms. The van der Waals surface area contributed by atoms with Crippen LogP contribution in [-0.4, -0.2) is 11.5 Å². The molecular formula is C14H14OS3. The van der Waals surface area contributed by atoms with Crippen molar-refractivity contribution in [1.29, 1.82) is 0 Å². The number of ketones is 1. The van der Waals surface area contributed by atoms with E-state index in [1.165, 1.54) is 21.1 Å². The molecule has 3 rings (SSSR count). The highest BCUT2D eigenvalue weighted by Gasteiger charge is 2.20. The van der Waals surface area contributed by atoms with Gasteiger partial charge in [0.15, 0.2) is 0 Å². The Balaban J connectivity index is 1.97. The highest BCUT2D eigenvalue weighted by atomic mass is 32.2. The Hall–Kier alpha value is -0.580. The van der Waals surface area contributed by atoms with Gasteiger partial charge in [-0.1, -0.05) is 0 Å². The van der Waals surface area contributed by atoms with Crippen LogP contribution >= 0.6 is 34.4 Å². The van der Waals surface area contributed by atoms with E-state index in [1.54, 1.807) is 22.7 Å². The molecular weight excluding hydrogens is 280 g/mol. The number of rotatable bonds is 2. The molecule has 2 aromatic rings. The van der Waals surface area contributed by atoms with Crippen LogP contribution in [0.3, 0.4) is 0 Å². The first-order chi connectivity index (χ1) is 8.65. The molecule has 0 amide bonds. The quantitative estimate of drug-likeness (QED) is 0.761. The summed E-state index contributed by atoms with van der Waals surface area (Å²) in [6.45, 7) is 4.10. The number of fused-ring (bicyclic) bond motifs is 1. The fourth-order valence-corrected chi connectivity index (χ4v) is 5.50. The van der Waals surface area contributed by atoms with Crippen molar-refractivity contribution in [3.05, 3.63) is 42.8 Å². The number of hydrogen-bond acceptors (Lipinski definition) is 4. The van der Waals surface area contributed by atoms with Crippen LogP contribution in [0.1, 0.15) is 35.4 Å². The summed E-state index contributed by atoms with van der Waals surface area (Å²) in [5.74, 6) is 2.47. The van der Waals surface area contributed by atoms with Crippen molar-refractivity contribution < 1.29 is 4.79 Å². The maximum Gasteiger partial charge on any atom is 0.204 e. The van der Waals surface area contributed by atoms with Crippen molar-refractivity contribution >= 4 is 40.2 Å². The van der Waals surface area contributed by atoms with Gasteiger partial charge < -0.3 is 0 Å². The summed E-state index contributed by atoms with van der Waals surface area (Å²) in [5.41, 5.74) is 2.27. The maximum atomic E-state index is 12.5. The minimum Gasteiger partial charge on any atom is -0.288 e. The smallest absolute Gasteiger partial charge is 0.204 e. The van der Waals surface area contributed by atoms with E-state index in [1.807, 2.05) is 24.8 Å². The predicted molar refractivity (Wildman–Crippen MR) is 81.4 cm³/mol. The van der Waals surface area contributed by atoms with Gasteiger partial charge in [-0.25, -0.2) is 0 Å². The monoisotopic (exact) mass is 294 g/mol. The van der Waals surface area contributed by atoms with Crippen LogP contribution < -0.4 is 0 Å². The third-order valence-electron chi connectivity index (χ3n) is 3.14. The molecule has 0 spiro atoms. The summed E-state index contributed by atoms with van der Waals surface area (Å²) >= 11 is 5.37. The molecule has 94 valence electrons. The van der Waals surface area contributed by atoms with E-state index in [4.69, 9.17) is 0 Å². The number of carbonyl (C=O) groups excluding carboxylic acids is 1. The first-order valence-electron chi connectivity index (χ1n) is 5.96. The molecule has 1 aliphatic rings. The van der Waals surface area contributed by atoms with Crippen molar-refractivity contribution in [2.75, 3.05) is 5.75 Å². The van der Waals surface area contributed by atoms with E-state index < -0.39 is 0 Å². The summed E-state index contributed by atoms with van der Waals surface area (Å²) in [4.78, 5) is 17.2. The molecule has 0 N–H and O–H groups in total. The number of thiophene rings is 2. The van der Waals surface area contributed by atoms with Gasteiger partial charge in [-0.05, 0) is 43.7 Å². The Bertz CT molecular complexity index is 583. The Kier molecular flexibility index (Phi) is 3.34. The zero-order chi connectivity index (χ0) is 12.7. The minimum atomic E-state index is 0.209. The van der Waals surface area contributed by atoms with Crippen LogP contribution in [0.4, 0.5) is 0 Å². The average Bonchev–Trinajstić information content (AvgIpc) is 2.91. The maximum absolute atomic E-state index is 12.5. The molecule has 0 bridgehead atoms. The Morgan fingerprint density at radius 3 is 2.72 bits per heavy atom. The molecule has 0 aliphatic carbocycles. The van der Waals surface area contributed by atoms with Crippen molar-refractivity contribution in [3.63, 3.8) is 0 Å². The molecule has 18 heavy (non-hydrogen) atoms.